The lowest BCUT2D eigenvalue weighted by molar-refractivity contribution is -0.162. The van der Waals surface area contributed by atoms with Crippen molar-refractivity contribution >= 4 is 74.0 Å². The van der Waals surface area contributed by atoms with Crippen molar-refractivity contribution in [2.75, 3.05) is 71.5 Å². The Labute approximate surface area is 569 Å². The Morgan fingerprint density at radius 3 is 1.88 bits per heavy atom. The van der Waals surface area contributed by atoms with E-state index in [2.05, 4.69) is 33.2 Å². The van der Waals surface area contributed by atoms with Crippen LogP contribution in [0.15, 0.2) is 226 Å². The topological polar surface area (TPSA) is 213 Å². The summed E-state index contributed by atoms with van der Waals surface area (Å²) in [5, 5.41) is 7.62. The van der Waals surface area contributed by atoms with Crippen molar-refractivity contribution in [2.24, 2.45) is 9.52 Å². The van der Waals surface area contributed by atoms with Crippen molar-refractivity contribution in [3.05, 3.63) is 267 Å². The number of carbonyl (C=O) groups is 4. The van der Waals surface area contributed by atoms with Crippen molar-refractivity contribution in [3.63, 3.8) is 0 Å². The molecule has 1 fully saturated rings. The molecule has 0 bridgehead atoms. The number of nitrogens with one attached hydrogen (secondary N) is 2. The lowest BCUT2D eigenvalue weighted by atomic mass is 9.77. The Balaban J connectivity index is 1.03. The van der Waals surface area contributed by atoms with Gasteiger partial charge in [0, 0.05) is 46.1 Å². The molecule has 7 aromatic rings. The molecule has 0 radical (unpaired) electrons. The number of hydrogen-bond donors (Lipinski definition) is 2. The molecule has 1 saturated heterocycles. The molecule has 0 spiro atoms. The Morgan fingerprint density at radius 2 is 1.33 bits per heavy atom. The first-order chi connectivity index (χ1) is 46.5. The second kappa shape index (κ2) is 34.2. The molecule has 3 heterocycles. The van der Waals surface area contributed by atoms with Crippen LogP contribution < -0.4 is 24.8 Å². The van der Waals surface area contributed by atoms with Crippen molar-refractivity contribution in [2.45, 2.75) is 42.2 Å². The highest BCUT2D eigenvalue weighted by molar-refractivity contribution is 14.1. The van der Waals surface area contributed by atoms with Crippen LogP contribution in [0.25, 0.3) is 0 Å². The van der Waals surface area contributed by atoms with E-state index in [0.717, 1.165) is 22.8 Å². The lowest BCUT2D eigenvalue weighted by Gasteiger charge is -2.49. The van der Waals surface area contributed by atoms with E-state index in [9.17, 15) is 14.4 Å². The molecule has 0 saturated carbocycles. The van der Waals surface area contributed by atoms with Gasteiger partial charge in [0.15, 0.2) is 36.4 Å². The fourth-order valence-electron chi connectivity index (χ4n) is 10.5. The number of β-lactam (4-membered cyclic amide) rings is 1. The number of alkyl halides is 1. The van der Waals surface area contributed by atoms with E-state index < -0.39 is 112 Å². The summed E-state index contributed by atoms with van der Waals surface area (Å²) in [5.74, 6) is -6.31. The second-order valence-corrected chi connectivity index (χ2v) is 24.6. The summed E-state index contributed by atoms with van der Waals surface area (Å²) in [6, 6.07) is 53.4. The quantitative estimate of drug-likeness (QED) is 0.00586. The Morgan fingerprint density at radius 1 is 0.758 bits per heavy atom. The van der Waals surface area contributed by atoms with Crippen molar-refractivity contribution < 1.29 is 75.4 Å². The van der Waals surface area contributed by atoms with Gasteiger partial charge in [0.05, 0.1) is 45.7 Å². The SMILES string of the molecule is COCCOCOc1cc(C(ON=S2C=C(CC(=O)N[C@@H]3C(=O)N4C(C(=O)OCc5ccc(OC)cc5)=C(/C=C\CI)CSC34)N=C2NC(c2ccccc2)(c2ccccc2)c2ccccc2)C(=O)OC(c2ccccc2)c2ccccc2)c(F)c(F)c1OCOCCOC. The maximum absolute atomic E-state index is 17.3. The number of carbonyl (C=O) groups excluding carboxylic acids is 4. The van der Waals surface area contributed by atoms with E-state index in [0.29, 0.717) is 38.2 Å². The number of halogens is 3. The van der Waals surface area contributed by atoms with Crippen molar-refractivity contribution in [1.29, 1.82) is 0 Å². The van der Waals surface area contributed by atoms with Crippen LogP contribution in [0.4, 0.5) is 8.78 Å². The van der Waals surface area contributed by atoms with Crippen LogP contribution in [0.5, 0.6) is 17.2 Å². The number of thioether (sulfide) groups is 1. The zero-order valence-electron chi connectivity index (χ0n) is 51.9. The number of ether oxygens (including phenoxy) is 9. The second-order valence-electron chi connectivity index (χ2n) is 21.2. The highest BCUT2D eigenvalue weighted by Gasteiger charge is 2.54. The minimum absolute atomic E-state index is 0.0521. The third kappa shape index (κ3) is 16.9. The Hall–Kier alpha value is -8.60. The van der Waals surface area contributed by atoms with E-state index in [1.54, 1.807) is 104 Å². The molecule has 7 aromatic carbocycles. The summed E-state index contributed by atoms with van der Waals surface area (Å²) in [6.07, 6.45) is -0.0341. The molecule has 494 valence electrons. The zero-order chi connectivity index (χ0) is 66.5. The first kappa shape index (κ1) is 69.2. The summed E-state index contributed by atoms with van der Waals surface area (Å²) in [4.78, 5) is 71.0. The predicted octanol–water partition coefficient (Wildman–Crippen LogP) is 11.7. The van der Waals surface area contributed by atoms with Gasteiger partial charge in [-0.2, -0.15) is 4.39 Å². The maximum atomic E-state index is 17.3. The summed E-state index contributed by atoms with van der Waals surface area (Å²) >= 11 is 3.57. The summed E-state index contributed by atoms with van der Waals surface area (Å²) in [7, 11) is 2.76. The van der Waals surface area contributed by atoms with Crippen molar-refractivity contribution in [1.82, 2.24) is 15.5 Å². The van der Waals surface area contributed by atoms with Gasteiger partial charge in [0.1, 0.15) is 35.0 Å². The predicted molar refractivity (Wildman–Crippen MR) is 363 cm³/mol. The molecular formula is C71H68F2IN5O14S2. The summed E-state index contributed by atoms with van der Waals surface area (Å²) in [6.45, 7) is -0.633. The van der Waals surface area contributed by atoms with Crippen LogP contribution >= 0.6 is 34.4 Å². The molecule has 0 aromatic heterocycles. The van der Waals surface area contributed by atoms with Gasteiger partial charge in [0.2, 0.25) is 23.6 Å². The highest BCUT2D eigenvalue weighted by Crippen LogP contribution is 2.44. The number of esters is 2. The minimum Gasteiger partial charge on any atom is -0.497 e. The van der Waals surface area contributed by atoms with Gasteiger partial charge in [-0.15, -0.1) is 11.8 Å². The molecule has 0 aliphatic carbocycles. The number of allylic oxidation sites excluding steroid dienone is 2. The van der Waals surface area contributed by atoms with E-state index in [1.165, 1.54) is 30.9 Å². The largest absolute Gasteiger partial charge is 0.497 e. The van der Waals surface area contributed by atoms with E-state index in [1.807, 2.05) is 97.1 Å². The number of rotatable bonds is 32. The number of methoxy groups -OCH3 is 3. The van der Waals surface area contributed by atoms with Gasteiger partial charge in [-0.05, 0) is 57.2 Å². The number of amidine groups is 1. The van der Waals surface area contributed by atoms with Crippen LogP contribution in [0, 0.1) is 11.6 Å². The highest BCUT2D eigenvalue weighted by atomic mass is 127. The third-order valence-corrected chi connectivity index (χ3v) is 18.3. The van der Waals surface area contributed by atoms with Crippen molar-refractivity contribution in [3.8, 4) is 17.2 Å². The minimum atomic E-state index is -2.20. The van der Waals surface area contributed by atoms with Gasteiger partial charge in [-0.1, -0.05) is 203 Å². The molecule has 3 aliphatic heterocycles. The van der Waals surface area contributed by atoms with E-state index >= 15 is 13.6 Å². The van der Waals surface area contributed by atoms with E-state index in [4.69, 9.17) is 57.0 Å². The molecule has 24 heteroatoms. The lowest BCUT2D eigenvalue weighted by Crippen LogP contribution is -2.70. The van der Waals surface area contributed by atoms with Crippen LogP contribution in [0.1, 0.15) is 57.6 Å². The van der Waals surface area contributed by atoms with Crippen LogP contribution in [0.2, 0.25) is 0 Å². The van der Waals surface area contributed by atoms with Gasteiger partial charge in [-0.3, -0.25) is 14.5 Å². The fourth-order valence-corrected chi connectivity index (χ4v) is 13.4. The third-order valence-electron chi connectivity index (χ3n) is 15.2. The van der Waals surface area contributed by atoms with Gasteiger partial charge >= 0.3 is 11.9 Å². The number of aliphatic imine (C=N–C) groups is 1. The number of fused-ring (bicyclic) bond motifs is 1. The zero-order valence-corrected chi connectivity index (χ0v) is 55.7. The average molecular weight is 1440 g/mol. The molecular weight excluding hydrogens is 1380 g/mol. The Bertz CT molecular complexity index is 3800. The standard InChI is InChI=1S/C71H68F2IN5O14S2/c1-84-36-38-87-45-90-57-41-56(59(72)60(73)65(57)91-46-88-39-37-85-2)64(69(83)92-63(48-20-9-4-10-21-48)49-22-11-5-12-23-49)93-78-95-44-54(75-70(95)77-71(51-25-13-6-14-26-51,52-27-15-7-16-28-52)53-29-17-8-18-30-53)40-58(80)76-61-66(81)79-62(50(24-19-35-74)43-94-67(61)79)68(82)89-42-47-31-33-55(86-3)34-32-47/h4-34,41,44,61,63-64,67H,35-40,42-43,45-46H2,1-3H3,(H,75,77)(H,76,80)/b24-19-/t61-,64?,67?,95?/m1/s1. The molecule has 4 atom stereocenters. The average Bonchev–Trinajstić information content (AvgIpc) is 0.830. The fraction of sp³-hybridized carbons (Fsp3) is 0.254. The molecule has 10 rings (SSSR count). The summed E-state index contributed by atoms with van der Waals surface area (Å²) < 4.78 is 89.8. The Kier molecular flexibility index (Phi) is 24.9. The number of amides is 2. The monoisotopic (exact) mass is 1440 g/mol. The first-order valence-corrected chi connectivity index (χ1v) is 33.8. The van der Waals surface area contributed by atoms with Crippen LogP contribution in [-0.2, 0) is 75.3 Å². The van der Waals surface area contributed by atoms with Gasteiger partial charge in [0.25, 0.3) is 5.91 Å². The van der Waals surface area contributed by atoms with Crippen LogP contribution in [0.3, 0.4) is 0 Å². The molecule has 3 aliphatic rings. The maximum Gasteiger partial charge on any atom is 0.355 e. The molecule has 2 amide bonds. The summed E-state index contributed by atoms with van der Waals surface area (Å²) in [5.41, 5.74) is 2.94. The van der Waals surface area contributed by atoms with Gasteiger partial charge in [-0.25, -0.2) is 23.8 Å². The van der Waals surface area contributed by atoms with Crippen LogP contribution in [-0.4, -0.2) is 117 Å². The molecule has 3 unspecified atom stereocenters. The normalized spacial score (nSPS) is 16.4. The van der Waals surface area contributed by atoms with Gasteiger partial charge < -0.3 is 53.3 Å². The van der Waals surface area contributed by atoms with E-state index in [-0.39, 0.29) is 49.6 Å². The number of hydrogen-bond acceptors (Lipinski definition) is 18. The molecule has 2 N–H and O–H groups in total. The molecule has 95 heavy (non-hydrogen) atoms. The number of benzene rings is 7. The number of nitrogens with zero attached hydrogens (tertiary/aromatic N) is 3. The first-order valence-electron chi connectivity index (χ1n) is 30.0. The molecule has 19 nitrogen and oxygen atoms in total. The smallest absolute Gasteiger partial charge is 0.355 e.